The number of hydrogen-bond donors (Lipinski definition) is 0. The van der Waals surface area contributed by atoms with Gasteiger partial charge in [-0.3, -0.25) is 4.79 Å². The monoisotopic (exact) mass is 235 g/mol. The summed E-state index contributed by atoms with van der Waals surface area (Å²) in [6.45, 7) is 5.25. The topological polar surface area (TPSA) is 20.3 Å². The minimum Gasteiger partial charge on any atom is -0.338 e. The highest BCUT2D eigenvalue weighted by Gasteiger charge is 2.41. The maximum absolute atomic E-state index is 13.1. The zero-order chi connectivity index (χ0) is 12.4. The lowest BCUT2D eigenvalue weighted by Crippen LogP contribution is -2.31. The molecule has 0 radical (unpaired) electrons. The molecule has 2 nitrogen and oxygen atoms in total. The highest BCUT2D eigenvalue weighted by molar-refractivity contribution is 5.81. The Morgan fingerprint density at radius 2 is 2.24 bits per heavy atom. The minimum absolute atomic E-state index is 0.198. The van der Waals surface area contributed by atoms with Gasteiger partial charge < -0.3 is 4.90 Å². The normalized spacial score (nSPS) is 22.3. The molecule has 1 saturated carbocycles. The standard InChI is InChI=1S/C14H18FNO/c1-3-16(14(17)13-7-10(13)2)9-11-5-4-6-12(15)8-11/h4-6,8,10,13H,3,7,9H2,1-2H3/t10-,13-/m0/s1. The maximum Gasteiger partial charge on any atom is 0.226 e. The fourth-order valence-corrected chi connectivity index (χ4v) is 2.10. The summed E-state index contributed by atoms with van der Waals surface area (Å²) in [5.41, 5.74) is 0.855. The van der Waals surface area contributed by atoms with Crippen LogP contribution in [-0.4, -0.2) is 17.4 Å². The van der Waals surface area contributed by atoms with Crippen LogP contribution in [-0.2, 0) is 11.3 Å². The van der Waals surface area contributed by atoms with Crippen LogP contribution in [0.25, 0.3) is 0 Å². The van der Waals surface area contributed by atoms with Crippen molar-refractivity contribution >= 4 is 5.91 Å². The van der Waals surface area contributed by atoms with Gasteiger partial charge in [-0.25, -0.2) is 4.39 Å². The first-order valence-corrected chi connectivity index (χ1v) is 6.15. The predicted octanol–water partition coefficient (Wildman–Crippen LogP) is 2.83. The molecule has 0 spiro atoms. The number of hydrogen-bond acceptors (Lipinski definition) is 1. The summed E-state index contributed by atoms with van der Waals surface area (Å²) in [5, 5.41) is 0. The molecule has 17 heavy (non-hydrogen) atoms. The molecule has 0 saturated heterocycles. The summed E-state index contributed by atoms with van der Waals surface area (Å²) in [5.74, 6) is 0.683. The third kappa shape index (κ3) is 2.84. The first-order valence-electron chi connectivity index (χ1n) is 6.15. The summed E-state index contributed by atoms with van der Waals surface area (Å²) in [4.78, 5) is 13.9. The van der Waals surface area contributed by atoms with E-state index in [-0.39, 0.29) is 17.6 Å². The molecule has 0 unspecified atom stereocenters. The molecular formula is C14H18FNO. The van der Waals surface area contributed by atoms with Gasteiger partial charge in [-0.15, -0.1) is 0 Å². The van der Waals surface area contributed by atoms with E-state index < -0.39 is 0 Å². The molecule has 1 aromatic carbocycles. The SMILES string of the molecule is CCN(Cc1cccc(F)c1)C(=O)[C@H]1C[C@@H]1C. The van der Waals surface area contributed by atoms with Crippen LogP contribution in [0.15, 0.2) is 24.3 Å². The van der Waals surface area contributed by atoms with Gasteiger partial charge in [0.2, 0.25) is 5.91 Å². The molecule has 2 atom stereocenters. The molecule has 1 aliphatic carbocycles. The molecule has 1 fully saturated rings. The van der Waals surface area contributed by atoms with Crippen LogP contribution in [0.1, 0.15) is 25.8 Å². The average Bonchev–Trinajstić information content (AvgIpc) is 3.02. The van der Waals surface area contributed by atoms with Crippen molar-refractivity contribution in [3.05, 3.63) is 35.6 Å². The van der Waals surface area contributed by atoms with Gasteiger partial charge >= 0.3 is 0 Å². The van der Waals surface area contributed by atoms with Crippen molar-refractivity contribution in [1.29, 1.82) is 0 Å². The minimum atomic E-state index is -0.245. The van der Waals surface area contributed by atoms with Crippen LogP contribution in [0.3, 0.4) is 0 Å². The fourth-order valence-electron chi connectivity index (χ4n) is 2.10. The fraction of sp³-hybridized carbons (Fsp3) is 0.500. The smallest absolute Gasteiger partial charge is 0.226 e. The largest absolute Gasteiger partial charge is 0.338 e. The molecule has 0 aromatic heterocycles. The molecule has 2 rings (SSSR count). The van der Waals surface area contributed by atoms with E-state index in [1.54, 1.807) is 6.07 Å². The van der Waals surface area contributed by atoms with Crippen LogP contribution >= 0.6 is 0 Å². The quantitative estimate of drug-likeness (QED) is 0.785. The van der Waals surface area contributed by atoms with Gasteiger partial charge in [-0.2, -0.15) is 0 Å². The molecule has 0 bridgehead atoms. The van der Waals surface area contributed by atoms with Crippen LogP contribution < -0.4 is 0 Å². The van der Waals surface area contributed by atoms with Crippen molar-refractivity contribution in [2.45, 2.75) is 26.8 Å². The molecule has 1 aliphatic rings. The number of nitrogens with zero attached hydrogens (tertiary/aromatic N) is 1. The summed E-state index contributed by atoms with van der Waals surface area (Å²) in [7, 11) is 0. The zero-order valence-corrected chi connectivity index (χ0v) is 10.3. The van der Waals surface area contributed by atoms with E-state index in [9.17, 15) is 9.18 Å². The molecule has 1 aromatic rings. The Hall–Kier alpha value is -1.38. The second-order valence-electron chi connectivity index (χ2n) is 4.80. The van der Waals surface area contributed by atoms with Crippen LogP contribution in [0, 0.1) is 17.7 Å². The first kappa shape index (κ1) is 12.1. The predicted molar refractivity (Wildman–Crippen MR) is 64.8 cm³/mol. The lowest BCUT2D eigenvalue weighted by Gasteiger charge is -2.21. The Labute approximate surface area is 101 Å². The van der Waals surface area contributed by atoms with Crippen molar-refractivity contribution in [2.75, 3.05) is 6.54 Å². The van der Waals surface area contributed by atoms with Gasteiger partial charge in [0.1, 0.15) is 5.82 Å². The Morgan fingerprint density at radius 1 is 1.53 bits per heavy atom. The van der Waals surface area contributed by atoms with Crippen molar-refractivity contribution in [3.63, 3.8) is 0 Å². The molecule has 0 heterocycles. The molecule has 1 amide bonds. The third-order valence-corrected chi connectivity index (χ3v) is 3.38. The second kappa shape index (κ2) is 4.86. The summed E-state index contributed by atoms with van der Waals surface area (Å²) in [6.07, 6.45) is 0.998. The molecule has 3 heteroatoms. The van der Waals surface area contributed by atoms with Gasteiger partial charge in [-0.05, 0) is 37.0 Å². The highest BCUT2D eigenvalue weighted by atomic mass is 19.1. The third-order valence-electron chi connectivity index (χ3n) is 3.38. The van der Waals surface area contributed by atoms with Crippen LogP contribution in [0.2, 0.25) is 0 Å². The van der Waals surface area contributed by atoms with Crippen molar-refractivity contribution < 1.29 is 9.18 Å². The second-order valence-corrected chi connectivity index (χ2v) is 4.80. The lowest BCUT2D eigenvalue weighted by molar-refractivity contribution is -0.133. The Morgan fingerprint density at radius 3 is 2.76 bits per heavy atom. The van der Waals surface area contributed by atoms with Gasteiger partial charge in [0.25, 0.3) is 0 Å². The lowest BCUT2D eigenvalue weighted by atomic mass is 10.2. The van der Waals surface area contributed by atoms with E-state index in [1.165, 1.54) is 12.1 Å². The number of carbonyl (C=O) groups excluding carboxylic acids is 1. The Bertz CT molecular complexity index is 418. The summed E-state index contributed by atoms with van der Waals surface area (Å²) < 4.78 is 13.1. The van der Waals surface area contributed by atoms with Crippen molar-refractivity contribution in [1.82, 2.24) is 4.90 Å². The van der Waals surface area contributed by atoms with E-state index >= 15 is 0 Å². The molecule has 0 aliphatic heterocycles. The van der Waals surface area contributed by atoms with Crippen LogP contribution in [0.5, 0.6) is 0 Å². The Kier molecular flexibility index (Phi) is 3.46. The first-order chi connectivity index (χ1) is 8.11. The van der Waals surface area contributed by atoms with E-state index in [2.05, 4.69) is 6.92 Å². The van der Waals surface area contributed by atoms with Crippen LogP contribution in [0.4, 0.5) is 4.39 Å². The number of amides is 1. The highest BCUT2D eigenvalue weighted by Crippen LogP contribution is 2.39. The van der Waals surface area contributed by atoms with Gasteiger partial charge in [0.15, 0.2) is 0 Å². The summed E-state index contributed by atoms with van der Waals surface area (Å²) >= 11 is 0. The summed E-state index contributed by atoms with van der Waals surface area (Å²) in [6, 6.07) is 6.45. The van der Waals surface area contributed by atoms with Gasteiger partial charge in [-0.1, -0.05) is 19.1 Å². The van der Waals surface area contributed by atoms with E-state index in [1.807, 2.05) is 17.9 Å². The average molecular weight is 235 g/mol. The van der Waals surface area contributed by atoms with Gasteiger partial charge in [0, 0.05) is 19.0 Å². The van der Waals surface area contributed by atoms with E-state index in [0.29, 0.717) is 19.0 Å². The molecule has 92 valence electrons. The van der Waals surface area contributed by atoms with Gasteiger partial charge in [0.05, 0.1) is 0 Å². The number of rotatable bonds is 4. The number of benzene rings is 1. The van der Waals surface area contributed by atoms with Crippen molar-refractivity contribution in [3.8, 4) is 0 Å². The maximum atomic E-state index is 13.1. The Balaban J connectivity index is 2.02. The number of halogens is 1. The van der Waals surface area contributed by atoms with E-state index in [0.717, 1.165) is 12.0 Å². The molecule has 0 N–H and O–H groups in total. The molecular weight excluding hydrogens is 217 g/mol. The van der Waals surface area contributed by atoms with E-state index in [4.69, 9.17) is 0 Å². The zero-order valence-electron chi connectivity index (χ0n) is 10.3. The van der Waals surface area contributed by atoms with Crippen molar-refractivity contribution in [2.24, 2.45) is 11.8 Å². The number of carbonyl (C=O) groups is 1.